The van der Waals surface area contributed by atoms with Crippen LogP contribution < -0.4 is 10.9 Å². The number of pyridine rings is 1. The molecular formula is C21H26ClN5O2S. The first kappa shape index (κ1) is 22.3. The van der Waals surface area contributed by atoms with Crippen molar-refractivity contribution in [1.82, 2.24) is 25.0 Å². The lowest BCUT2D eigenvalue weighted by molar-refractivity contribution is 0.0779. The van der Waals surface area contributed by atoms with Crippen LogP contribution in [0.3, 0.4) is 0 Å². The molecule has 3 aromatic rings. The molecule has 1 amide bonds. The molecule has 0 saturated carbocycles. The number of carbonyl (C=O) groups is 1. The number of aromatic nitrogens is 3. The molecule has 0 aromatic carbocycles. The first-order chi connectivity index (χ1) is 14.0. The summed E-state index contributed by atoms with van der Waals surface area (Å²) in [5.74, 6) is -0.261. The van der Waals surface area contributed by atoms with Gasteiger partial charge in [0.2, 0.25) is 0 Å². The summed E-state index contributed by atoms with van der Waals surface area (Å²) in [6.07, 6.45) is 3.62. The third-order valence-corrected chi connectivity index (χ3v) is 6.29. The van der Waals surface area contributed by atoms with E-state index in [2.05, 4.69) is 15.5 Å². The van der Waals surface area contributed by atoms with Crippen LogP contribution in [0.15, 0.2) is 40.6 Å². The van der Waals surface area contributed by atoms with Gasteiger partial charge in [0.15, 0.2) is 0 Å². The van der Waals surface area contributed by atoms with Crippen molar-refractivity contribution < 1.29 is 4.79 Å². The van der Waals surface area contributed by atoms with Crippen LogP contribution in [0.1, 0.15) is 40.5 Å². The van der Waals surface area contributed by atoms with E-state index in [0.29, 0.717) is 12.1 Å². The summed E-state index contributed by atoms with van der Waals surface area (Å²) in [5.41, 5.74) is 2.46. The summed E-state index contributed by atoms with van der Waals surface area (Å²) in [5, 5.41) is 12.6. The summed E-state index contributed by atoms with van der Waals surface area (Å²) >= 11 is 1.62. The molecule has 0 unspecified atom stereocenters. The number of nitrogens with zero attached hydrogens (tertiary/aromatic N) is 3. The molecule has 1 aliphatic heterocycles. The molecular weight excluding hydrogens is 422 g/mol. The lowest BCUT2D eigenvalue weighted by atomic mass is 10.0. The molecule has 0 aliphatic carbocycles. The van der Waals surface area contributed by atoms with E-state index >= 15 is 0 Å². The quantitative estimate of drug-likeness (QED) is 0.629. The third kappa shape index (κ3) is 4.50. The largest absolute Gasteiger partial charge is 0.336 e. The molecule has 0 bridgehead atoms. The molecule has 160 valence electrons. The first-order valence-electron chi connectivity index (χ1n) is 9.80. The Bertz CT molecular complexity index is 1050. The van der Waals surface area contributed by atoms with E-state index in [-0.39, 0.29) is 35.5 Å². The number of aryl methyl sites for hydroxylation is 1. The van der Waals surface area contributed by atoms with Gasteiger partial charge in [-0.1, -0.05) is 6.07 Å². The van der Waals surface area contributed by atoms with Crippen LogP contribution in [0.5, 0.6) is 0 Å². The highest BCUT2D eigenvalue weighted by Crippen LogP contribution is 2.23. The van der Waals surface area contributed by atoms with Crippen molar-refractivity contribution in [1.29, 1.82) is 0 Å². The monoisotopic (exact) mass is 447 g/mol. The van der Waals surface area contributed by atoms with Crippen LogP contribution in [0.2, 0.25) is 0 Å². The zero-order chi connectivity index (χ0) is 20.4. The number of H-pyrrole nitrogens is 1. The number of nitrogens with one attached hydrogen (secondary N) is 2. The molecule has 30 heavy (non-hydrogen) atoms. The number of halogens is 1. The fourth-order valence-electron chi connectivity index (χ4n) is 3.78. The Labute approximate surface area is 185 Å². The second-order valence-electron chi connectivity index (χ2n) is 7.48. The van der Waals surface area contributed by atoms with Crippen molar-refractivity contribution in [2.45, 2.75) is 32.4 Å². The van der Waals surface area contributed by atoms with Crippen molar-refractivity contribution in [2.24, 2.45) is 0 Å². The average Bonchev–Trinajstić information content (AvgIpc) is 3.40. The Kier molecular flexibility index (Phi) is 7.12. The van der Waals surface area contributed by atoms with Crippen molar-refractivity contribution in [2.75, 3.05) is 20.1 Å². The highest BCUT2D eigenvalue weighted by molar-refractivity contribution is 7.13. The maximum Gasteiger partial charge on any atom is 0.263 e. The molecule has 0 radical (unpaired) electrons. The summed E-state index contributed by atoms with van der Waals surface area (Å²) < 4.78 is 1.74. The number of hydrogen-bond donors (Lipinski definition) is 2. The zero-order valence-electron chi connectivity index (χ0n) is 17.1. The Morgan fingerprint density at radius 3 is 2.80 bits per heavy atom. The second-order valence-corrected chi connectivity index (χ2v) is 8.43. The van der Waals surface area contributed by atoms with Gasteiger partial charge in [0.1, 0.15) is 11.3 Å². The number of hydrogen-bond acceptors (Lipinski definition) is 5. The number of rotatable bonds is 5. The maximum absolute atomic E-state index is 13.1. The number of carbonyl (C=O) groups excluding carboxylic acids is 1. The van der Waals surface area contributed by atoms with E-state index in [1.54, 1.807) is 27.9 Å². The van der Waals surface area contributed by atoms with E-state index in [4.69, 9.17) is 0 Å². The molecule has 4 heterocycles. The van der Waals surface area contributed by atoms with Gasteiger partial charge in [-0.05, 0) is 62.0 Å². The van der Waals surface area contributed by atoms with Crippen molar-refractivity contribution in [3.63, 3.8) is 0 Å². The van der Waals surface area contributed by atoms with Crippen LogP contribution in [0.25, 0.3) is 10.6 Å². The van der Waals surface area contributed by atoms with Gasteiger partial charge in [0, 0.05) is 19.3 Å². The number of aromatic amines is 1. The lowest BCUT2D eigenvalue weighted by Crippen LogP contribution is -2.39. The summed E-state index contributed by atoms with van der Waals surface area (Å²) in [4.78, 5) is 28.9. The van der Waals surface area contributed by atoms with Crippen molar-refractivity contribution >= 4 is 29.7 Å². The van der Waals surface area contributed by atoms with Gasteiger partial charge in [-0.25, -0.2) is 0 Å². The summed E-state index contributed by atoms with van der Waals surface area (Å²) in [6.45, 7) is 3.96. The fraction of sp³-hybridized carbons (Fsp3) is 0.381. The molecule has 4 rings (SSSR count). The topological polar surface area (TPSA) is 83.0 Å². The molecule has 9 heteroatoms. The van der Waals surface area contributed by atoms with Gasteiger partial charge in [-0.2, -0.15) is 5.10 Å². The van der Waals surface area contributed by atoms with Gasteiger partial charge in [-0.15, -0.1) is 23.7 Å². The summed E-state index contributed by atoms with van der Waals surface area (Å²) in [7, 11) is 1.72. The molecule has 1 saturated heterocycles. The van der Waals surface area contributed by atoms with E-state index < -0.39 is 0 Å². The van der Waals surface area contributed by atoms with Crippen molar-refractivity contribution in [3.05, 3.63) is 63.0 Å². The predicted octanol–water partition coefficient (Wildman–Crippen LogP) is 3.23. The Hall–Kier alpha value is -2.42. The summed E-state index contributed by atoms with van der Waals surface area (Å²) in [6, 6.07) is 7.95. The highest BCUT2D eigenvalue weighted by atomic mass is 35.5. The Morgan fingerprint density at radius 2 is 2.10 bits per heavy atom. The van der Waals surface area contributed by atoms with Gasteiger partial charge >= 0.3 is 0 Å². The highest BCUT2D eigenvalue weighted by Gasteiger charge is 2.23. The smallest absolute Gasteiger partial charge is 0.263 e. The maximum atomic E-state index is 13.1. The van der Waals surface area contributed by atoms with Crippen LogP contribution >= 0.6 is 23.7 Å². The molecule has 7 nitrogen and oxygen atoms in total. The van der Waals surface area contributed by atoms with Gasteiger partial charge in [0.05, 0.1) is 17.1 Å². The predicted molar refractivity (Wildman–Crippen MR) is 122 cm³/mol. The molecule has 0 spiro atoms. The lowest BCUT2D eigenvalue weighted by Gasteiger charge is -2.26. The van der Waals surface area contributed by atoms with E-state index in [0.717, 1.165) is 42.2 Å². The number of thiophene rings is 1. The van der Waals surface area contributed by atoms with Gasteiger partial charge in [-0.3, -0.25) is 14.7 Å². The minimum atomic E-state index is -0.261. The van der Waals surface area contributed by atoms with E-state index in [1.807, 2.05) is 42.8 Å². The number of piperidine rings is 1. The normalized spacial score (nSPS) is 14.3. The Balaban J connectivity index is 0.00000256. The average molecular weight is 448 g/mol. The van der Waals surface area contributed by atoms with Crippen LogP contribution in [0.4, 0.5) is 0 Å². The van der Waals surface area contributed by atoms with Crippen LogP contribution in [0, 0.1) is 6.92 Å². The van der Waals surface area contributed by atoms with E-state index in [1.165, 1.54) is 0 Å². The third-order valence-electron chi connectivity index (χ3n) is 5.40. The second kappa shape index (κ2) is 9.59. The fourth-order valence-corrected chi connectivity index (χ4v) is 4.47. The SMILES string of the molecule is Cc1ccn(C2CCNCC2)c(=O)c1C(=O)N(C)Cc1cc(-c2cccs2)n[nH]1.Cl. The molecule has 2 N–H and O–H groups in total. The molecule has 0 atom stereocenters. The first-order valence-corrected chi connectivity index (χ1v) is 10.7. The van der Waals surface area contributed by atoms with Crippen LogP contribution in [-0.2, 0) is 6.54 Å². The minimum Gasteiger partial charge on any atom is -0.336 e. The number of amides is 1. The minimum absolute atomic E-state index is 0. The molecule has 3 aromatic heterocycles. The zero-order valence-corrected chi connectivity index (χ0v) is 18.7. The van der Waals surface area contributed by atoms with Crippen molar-refractivity contribution in [3.8, 4) is 10.6 Å². The van der Waals surface area contributed by atoms with E-state index in [9.17, 15) is 9.59 Å². The van der Waals surface area contributed by atoms with Gasteiger partial charge < -0.3 is 14.8 Å². The molecule has 1 aliphatic rings. The van der Waals surface area contributed by atoms with Gasteiger partial charge in [0.25, 0.3) is 11.5 Å². The molecule has 1 fully saturated rings. The van der Waals surface area contributed by atoms with Crippen LogP contribution in [-0.4, -0.2) is 45.7 Å². The Morgan fingerprint density at radius 1 is 1.33 bits per heavy atom. The standard InChI is InChI=1S/C21H25N5O2S.ClH/c1-14-7-10-26(16-5-8-22-9-6-16)21(28)19(14)20(27)25(2)13-15-12-17(24-23-15)18-4-3-11-29-18;/h3-4,7,10-12,16,22H,5-6,8-9,13H2,1-2H3,(H,23,24);1H.